The van der Waals surface area contributed by atoms with Crippen LogP contribution >= 0.6 is 0 Å². The first-order valence-electron chi connectivity index (χ1n) is 11.3. The van der Waals surface area contributed by atoms with E-state index in [1.165, 1.54) is 0 Å². The monoisotopic (exact) mass is 429 g/mol. The second kappa shape index (κ2) is 8.71. The highest BCUT2D eigenvalue weighted by molar-refractivity contribution is 6.07. The van der Waals surface area contributed by atoms with Crippen molar-refractivity contribution < 1.29 is 14.3 Å². The molecule has 3 heterocycles. The minimum absolute atomic E-state index is 0.00276. The summed E-state index contributed by atoms with van der Waals surface area (Å²) in [4.78, 5) is 31.5. The molecule has 2 saturated heterocycles. The fourth-order valence-electron chi connectivity index (χ4n) is 4.90. The van der Waals surface area contributed by atoms with Crippen LogP contribution in [0.15, 0.2) is 66.9 Å². The van der Waals surface area contributed by atoms with Crippen LogP contribution in [0.2, 0.25) is 0 Å². The van der Waals surface area contributed by atoms with Crippen molar-refractivity contribution in [1.29, 1.82) is 0 Å². The summed E-state index contributed by atoms with van der Waals surface area (Å²) in [5.74, 6) is -0.0838. The molecular formula is C26H27N3O3. The van der Waals surface area contributed by atoms with Crippen LogP contribution in [0, 0.1) is 0 Å². The Morgan fingerprint density at radius 3 is 2.59 bits per heavy atom. The lowest BCUT2D eigenvalue weighted by atomic mass is 9.88. The van der Waals surface area contributed by atoms with Gasteiger partial charge in [0.1, 0.15) is 5.69 Å². The Morgan fingerprint density at radius 2 is 1.78 bits per heavy atom. The molecule has 0 bridgehead atoms. The normalized spacial score (nSPS) is 19.9. The lowest BCUT2D eigenvalue weighted by molar-refractivity contribution is -0.0712. The van der Waals surface area contributed by atoms with E-state index in [-0.39, 0.29) is 23.5 Å². The van der Waals surface area contributed by atoms with E-state index in [4.69, 9.17) is 4.74 Å². The van der Waals surface area contributed by atoms with Crippen LogP contribution in [0.5, 0.6) is 0 Å². The molecule has 5 rings (SSSR count). The van der Waals surface area contributed by atoms with Crippen LogP contribution in [0.25, 0.3) is 10.8 Å². The second-order valence-corrected chi connectivity index (χ2v) is 8.71. The second-order valence-electron chi connectivity index (χ2n) is 8.71. The summed E-state index contributed by atoms with van der Waals surface area (Å²) in [6.45, 7) is 1.86. The number of carbonyl (C=O) groups is 2. The predicted octanol–water partition coefficient (Wildman–Crippen LogP) is 3.82. The lowest BCUT2D eigenvalue weighted by Gasteiger charge is -2.39. The number of carbonyl (C=O) groups excluding carboxylic acids is 2. The molecule has 1 aromatic heterocycles. The van der Waals surface area contributed by atoms with E-state index in [2.05, 4.69) is 10.3 Å². The average Bonchev–Trinajstić information content (AvgIpc) is 3.25. The van der Waals surface area contributed by atoms with Gasteiger partial charge in [0.25, 0.3) is 11.8 Å². The quantitative estimate of drug-likeness (QED) is 0.685. The smallest absolute Gasteiger partial charge is 0.269 e. The number of piperidine rings is 1. The van der Waals surface area contributed by atoms with Crippen molar-refractivity contribution in [3.63, 3.8) is 0 Å². The van der Waals surface area contributed by atoms with Crippen LogP contribution in [0.3, 0.4) is 0 Å². The molecule has 1 spiro atoms. The zero-order chi connectivity index (χ0) is 22.0. The van der Waals surface area contributed by atoms with Crippen molar-refractivity contribution in [2.45, 2.75) is 37.4 Å². The number of nitrogens with one attached hydrogen (secondary N) is 1. The Labute approximate surface area is 187 Å². The Balaban J connectivity index is 1.17. The zero-order valence-electron chi connectivity index (χ0n) is 18.0. The van der Waals surface area contributed by atoms with Crippen LogP contribution in [-0.4, -0.2) is 53.0 Å². The molecule has 32 heavy (non-hydrogen) atoms. The fourth-order valence-corrected chi connectivity index (χ4v) is 4.90. The highest BCUT2D eigenvalue weighted by atomic mass is 16.5. The predicted molar refractivity (Wildman–Crippen MR) is 122 cm³/mol. The van der Waals surface area contributed by atoms with Gasteiger partial charge in [-0.1, -0.05) is 42.5 Å². The van der Waals surface area contributed by atoms with E-state index in [1.807, 2.05) is 47.4 Å². The van der Waals surface area contributed by atoms with Crippen molar-refractivity contribution in [1.82, 2.24) is 15.2 Å². The van der Waals surface area contributed by atoms with Gasteiger partial charge in [-0.25, -0.2) is 0 Å². The van der Waals surface area contributed by atoms with Crippen LogP contribution in [0.4, 0.5) is 0 Å². The molecule has 2 aromatic carbocycles. The van der Waals surface area contributed by atoms with E-state index in [0.29, 0.717) is 25.3 Å². The number of pyridine rings is 1. The van der Waals surface area contributed by atoms with Gasteiger partial charge in [0, 0.05) is 31.4 Å². The van der Waals surface area contributed by atoms with Crippen LogP contribution in [0.1, 0.15) is 46.5 Å². The molecule has 2 fully saturated rings. The molecule has 2 aliphatic heterocycles. The van der Waals surface area contributed by atoms with Gasteiger partial charge in [-0.3, -0.25) is 14.6 Å². The van der Waals surface area contributed by atoms with E-state index >= 15 is 0 Å². The third-order valence-corrected chi connectivity index (χ3v) is 6.71. The van der Waals surface area contributed by atoms with Crippen molar-refractivity contribution in [3.05, 3.63) is 78.1 Å². The Kier molecular flexibility index (Phi) is 5.62. The van der Waals surface area contributed by atoms with E-state index in [1.54, 1.807) is 24.4 Å². The number of rotatable bonds is 4. The van der Waals surface area contributed by atoms with E-state index < -0.39 is 0 Å². The summed E-state index contributed by atoms with van der Waals surface area (Å²) in [5, 5.41) is 5.02. The third kappa shape index (κ3) is 4.10. The van der Waals surface area contributed by atoms with Crippen LogP contribution < -0.4 is 5.32 Å². The molecule has 6 heteroatoms. The number of hydrogen-bond donors (Lipinski definition) is 1. The topological polar surface area (TPSA) is 71.5 Å². The number of hydrogen-bond acceptors (Lipinski definition) is 4. The lowest BCUT2D eigenvalue weighted by Crippen LogP contribution is -2.47. The van der Waals surface area contributed by atoms with Crippen molar-refractivity contribution in [2.24, 2.45) is 0 Å². The molecule has 2 amide bonds. The van der Waals surface area contributed by atoms with Gasteiger partial charge in [0.05, 0.1) is 11.7 Å². The zero-order valence-corrected chi connectivity index (χ0v) is 18.0. The molecule has 1 atom stereocenters. The average molecular weight is 430 g/mol. The summed E-state index contributed by atoms with van der Waals surface area (Å²) in [5.41, 5.74) is 0.998. The van der Waals surface area contributed by atoms with Gasteiger partial charge in [0.2, 0.25) is 0 Å². The van der Waals surface area contributed by atoms with Gasteiger partial charge < -0.3 is 15.0 Å². The maximum absolute atomic E-state index is 13.2. The molecule has 3 aromatic rings. The number of benzene rings is 2. The van der Waals surface area contributed by atoms with E-state index in [9.17, 15) is 9.59 Å². The largest absolute Gasteiger partial charge is 0.370 e. The van der Waals surface area contributed by atoms with Gasteiger partial charge in [-0.15, -0.1) is 0 Å². The maximum atomic E-state index is 13.2. The first kappa shape index (κ1) is 20.6. The maximum Gasteiger partial charge on any atom is 0.269 e. The first-order chi connectivity index (χ1) is 15.6. The van der Waals surface area contributed by atoms with Crippen molar-refractivity contribution >= 4 is 22.6 Å². The number of ether oxygens (including phenoxy) is 1. The van der Waals surface area contributed by atoms with Crippen molar-refractivity contribution in [3.8, 4) is 0 Å². The Bertz CT molecular complexity index is 1120. The molecule has 2 aliphatic rings. The van der Waals surface area contributed by atoms with Gasteiger partial charge in [0.15, 0.2) is 0 Å². The number of likely N-dealkylation sites (tertiary alicyclic amines) is 1. The summed E-state index contributed by atoms with van der Waals surface area (Å²) < 4.78 is 6.41. The Hall–Kier alpha value is -3.25. The number of nitrogens with zero attached hydrogens (tertiary/aromatic N) is 2. The molecule has 0 saturated carbocycles. The molecule has 6 nitrogen and oxygen atoms in total. The summed E-state index contributed by atoms with van der Waals surface area (Å²) in [7, 11) is 0. The SMILES string of the molecule is O=C(NC[C@@H]1CCC2(CCN(C(=O)c3cccc4ccccc34)CC2)O1)c1ccccn1. The Morgan fingerprint density at radius 1 is 1.00 bits per heavy atom. The molecular weight excluding hydrogens is 402 g/mol. The molecule has 0 radical (unpaired) electrons. The van der Waals surface area contributed by atoms with Gasteiger partial charge >= 0.3 is 0 Å². The van der Waals surface area contributed by atoms with Gasteiger partial charge in [-0.05, 0) is 54.7 Å². The molecule has 164 valence electrons. The fraction of sp³-hybridized carbons (Fsp3) is 0.346. The standard InChI is InChI=1S/C26H27N3O3/c30-24(23-10-3-4-15-27-23)28-18-20-11-12-26(32-20)13-16-29(17-14-26)25(31)22-9-5-7-19-6-1-2-8-21(19)22/h1-10,15,20H,11-14,16-18H2,(H,28,30)/t20-/m0/s1. The number of amides is 2. The minimum atomic E-state index is -0.185. The van der Waals surface area contributed by atoms with Crippen LogP contribution in [-0.2, 0) is 4.74 Å². The highest BCUT2D eigenvalue weighted by Gasteiger charge is 2.43. The molecule has 0 aliphatic carbocycles. The number of fused-ring (bicyclic) bond motifs is 1. The summed E-state index contributed by atoms with van der Waals surface area (Å²) in [6, 6.07) is 19.2. The van der Waals surface area contributed by atoms with Crippen molar-refractivity contribution in [2.75, 3.05) is 19.6 Å². The summed E-state index contributed by atoms with van der Waals surface area (Å²) in [6.07, 6.45) is 5.15. The minimum Gasteiger partial charge on any atom is -0.370 e. The first-order valence-corrected chi connectivity index (χ1v) is 11.3. The highest BCUT2D eigenvalue weighted by Crippen LogP contribution is 2.39. The van der Waals surface area contributed by atoms with E-state index in [0.717, 1.165) is 42.0 Å². The molecule has 1 N–H and O–H groups in total. The molecule has 0 unspecified atom stereocenters. The summed E-state index contributed by atoms with van der Waals surface area (Å²) >= 11 is 0. The van der Waals surface area contributed by atoms with Gasteiger partial charge in [-0.2, -0.15) is 0 Å². The third-order valence-electron chi connectivity index (χ3n) is 6.71. The number of aromatic nitrogens is 1.